The van der Waals surface area contributed by atoms with Gasteiger partial charge >= 0.3 is 0 Å². The lowest BCUT2D eigenvalue weighted by molar-refractivity contribution is 0.328. The molecule has 23 heavy (non-hydrogen) atoms. The van der Waals surface area contributed by atoms with Crippen molar-refractivity contribution < 1.29 is 9.47 Å². The molecule has 1 aromatic rings. The summed E-state index contributed by atoms with van der Waals surface area (Å²) >= 11 is 0. The first kappa shape index (κ1) is 17.4. The van der Waals surface area contributed by atoms with Crippen molar-refractivity contribution in [1.82, 2.24) is 9.80 Å². The van der Waals surface area contributed by atoms with E-state index in [0.29, 0.717) is 0 Å². The number of benzene rings is 1. The highest BCUT2D eigenvalue weighted by atomic mass is 16.5. The van der Waals surface area contributed by atoms with Gasteiger partial charge in [-0.25, -0.2) is 0 Å². The highest BCUT2D eigenvalue weighted by Gasteiger charge is 2.18. The summed E-state index contributed by atoms with van der Waals surface area (Å²) in [5, 5.41) is 0. The van der Waals surface area contributed by atoms with Crippen LogP contribution in [0, 0.1) is 6.42 Å². The van der Waals surface area contributed by atoms with Crippen LogP contribution in [0.3, 0.4) is 0 Å². The molecular formula is C19H27N2O2. The minimum atomic E-state index is 0.836. The molecule has 0 bridgehead atoms. The van der Waals surface area contributed by atoms with Crippen molar-refractivity contribution in [3.8, 4) is 11.5 Å². The Balaban J connectivity index is 2.41. The number of methoxy groups -OCH3 is 2. The number of allylic oxidation sites excluding steroid dienone is 4. The van der Waals surface area contributed by atoms with E-state index in [1.54, 1.807) is 14.2 Å². The molecule has 1 aromatic carbocycles. The number of ether oxygens (including phenoxy) is 2. The molecule has 2 rings (SSSR count). The van der Waals surface area contributed by atoms with Crippen LogP contribution in [0.25, 0.3) is 5.57 Å². The van der Waals surface area contributed by atoms with E-state index < -0.39 is 0 Å². The lowest BCUT2D eigenvalue weighted by Gasteiger charge is -2.28. The molecule has 0 unspecified atom stereocenters. The van der Waals surface area contributed by atoms with Crippen LogP contribution >= 0.6 is 0 Å². The molecule has 0 amide bonds. The van der Waals surface area contributed by atoms with Crippen molar-refractivity contribution in [2.75, 3.05) is 48.5 Å². The summed E-state index contributed by atoms with van der Waals surface area (Å²) < 4.78 is 10.9. The van der Waals surface area contributed by atoms with Gasteiger partial charge in [0, 0.05) is 43.4 Å². The largest absolute Gasteiger partial charge is 0.497 e. The monoisotopic (exact) mass is 315 g/mol. The van der Waals surface area contributed by atoms with Crippen molar-refractivity contribution in [2.24, 2.45) is 0 Å². The first-order valence-electron chi connectivity index (χ1n) is 7.89. The summed E-state index contributed by atoms with van der Waals surface area (Å²) in [5.74, 6) is 1.70. The number of hydrogen-bond donors (Lipinski definition) is 0. The maximum absolute atomic E-state index is 5.56. The molecule has 0 fully saturated rings. The van der Waals surface area contributed by atoms with Gasteiger partial charge in [0.1, 0.15) is 11.5 Å². The fourth-order valence-electron chi connectivity index (χ4n) is 2.65. The Hall–Kier alpha value is -1.94. The van der Waals surface area contributed by atoms with Crippen LogP contribution in [0.4, 0.5) is 0 Å². The minimum Gasteiger partial charge on any atom is -0.497 e. The van der Waals surface area contributed by atoms with Crippen molar-refractivity contribution in [2.45, 2.75) is 6.42 Å². The van der Waals surface area contributed by atoms with Crippen LogP contribution in [-0.4, -0.2) is 58.3 Å². The number of rotatable bonds is 7. The van der Waals surface area contributed by atoms with Crippen LogP contribution in [0.1, 0.15) is 12.0 Å². The number of hydrogen-bond acceptors (Lipinski definition) is 4. The Labute approximate surface area is 140 Å². The van der Waals surface area contributed by atoms with E-state index in [1.165, 1.54) is 11.3 Å². The SMILES string of the molecule is COc1ccc(OC)c(C2=C(N(C)CCN(C)C)[CH]CC=C2)c1. The number of likely N-dealkylation sites (N-methyl/N-ethyl adjacent to an activating group) is 2. The van der Waals surface area contributed by atoms with Gasteiger partial charge in [-0.15, -0.1) is 0 Å². The molecule has 4 heteroatoms. The van der Waals surface area contributed by atoms with E-state index in [2.05, 4.69) is 49.5 Å². The van der Waals surface area contributed by atoms with Crippen molar-refractivity contribution in [1.29, 1.82) is 0 Å². The molecule has 0 saturated heterocycles. The Kier molecular flexibility index (Phi) is 6.11. The zero-order valence-corrected chi connectivity index (χ0v) is 14.8. The van der Waals surface area contributed by atoms with Gasteiger partial charge in [-0.05, 0) is 38.7 Å². The Morgan fingerprint density at radius 1 is 1.04 bits per heavy atom. The Morgan fingerprint density at radius 3 is 2.48 bits per heavy atom. The van der Waals surface area contributed by atoms with E-state index in [-0.39, 0.29) is 0 Å². The van der Waals surface area contributed by atoms with Gasteiger partial charge in [0.2, 0.25) is 0 Å². The highest BCUT2D eigenvalue weighted by molar-refractivity contribution is 5.82. The molecule has 0 N–H and O–H groups in total. The molecule has 0 saturated carbocycles. The topological polar surface area (TPSA) is 24.9 Å². The fourth-order valence-corrected chi connectivity index (χ4v) is 2.65. The maximum Gasteiger partial charge on any atom is 0.127 e. The molecule has 0 heterocycles. The van der Waals surface area contributed by atoms with Crippen LogP contribution in [-0.2, 0) is 0 Å². The van der Waals surface area contributed by atoms with Gasteiger partial charge in [-0.2, -0.15) is 0 Å². The third kappa shape index (κ3) is 4.29. The molecule has 0 spiro atoms. The van der Waals surface area contributed by atoms with E-state index >= 15 is 0 Å². The van der Waals surface area contributed by atoms with Crippen LogP contribution in [0.15, 0.2) is 36.0 Å². The summed E-state index contributed by atoms with van der Waals surface area (Å²) in [4.78, 5) is 4.50. The molecule has 125 valence electrons. The summed E-state index contributed by atoms with van der Waals surface area (Å²) in [6.07, 6.45) is 7.58. The highest BCUT2D eigenvalue weighted by Crippen LogP contribution is 2.36. The first-order valence-corrected chi connectivity index (χ1v) is 7.89. The second kappa shape index (κ2) is 8.06. The summed E-state index contributed by atoms with van der Waals surface area (Å²) in [5.41, 5.74) is 3.47. The molecule has 4 nitrogen and oxygen atoms in total. The van der Waals surface area contributed by atoms with E-state index in [1.807, 2.05) is 18.2 Å². The molecular weight excluding hydrogens is 288 g/mol. The Bertz CT molecular complexity index is 591. The lowest BCUT2D eigenvalue weighted by atomic mass is 9.95. The zero-order valence-electron chi connectivity index (χ0n) is 14.8. The second-order valence-corrected chi connectivity index (χ2v) is 5.93. The standard InChI is InChI=1S/C19H27N2O2/c1-20(2)12-13-21(3)18-9-7-6-8-16(18)17-14-15(22-4)10-11-19(17)23-5/h6,8-11,14H,7,12-13H2,1-5H3. The van der Waals surface area contributed by atoms with Crippen molar-refractivity contribution in [3.63, 3.8) is 0 Å². The summed E-state index contributed by atoms with van der Waals surface area (Å²) in [6.45, 7) is 1.99. The van der Waals surface area contributed by atoms with Gasteiger partial charge in [0.05, 0.1) is 14.2 Å². The average Bonchev–Trinajstić information content (AvgIpc) is 2.59. The molecule has 1 radical (unpaired) electrons. The maximum atomic E-state index is 5.56. The van der Waals surface area contributed by atoms with E-state index in [0.717, 1.165) is 36.6 Å². The van der Waals surface area contributed by atoms with Gasteiger partial charge < -0.3 is 19.3 Å². The van der Waals surface area contributed by atoms with E-state index in [4.69, 9.17) is 9.47 Å². The Morgan fingerprint density at radius 2 is 1.83 bits per heavy atom. The molecule has 0 aliphatic heterocycles. The number of nitrogens with zero attached hydrogens (tertiary/aromatic N) is 2. The quantitative estimate of drug-likeness (QED) is 0.772. The van der Waals surface area contributed by atoms with Crippen LogP contribution in [0.5, 0.6) is 11.5 Å². The normalized spacial score (nSPS) is 14.3. The van der Waals surface area contributed by atoms with Crippen molar-refractivity contribution >= 4 is 5.57 Å². The lowest BCUT2D eigenvalue weighted by Crippen LogP contribution is -2.29. The van der Waals surface area contributed by atoms with Gasteiger partial charge in [-0.3, -0.25) is 0 Å². The van der Waals surface area contributed by atoms with Crippen LogP contribution < -0.4 is 9.47 Å². The van der Waals surface area contributed by atoms with Gasteiger partial charge in [-0.1, -0.05) is 12.2 Å². The zero-order chi connectivity index (χ0) is 16.8. The predicted molar refractivity (Wildman–Crippen MR) is 95.7 cm³/mol. The average molecular weight is 315 g/mol. The molecule has 0 atom stereocenters. The minimum absolute atomic E-state index is 0.836. The smallest absolute Gasteiger partial charge is 0.127 e. The summed E-state index contributed by atoms with van der Waals surface area (Å²) in [7, 11) is 9.73. The third-order valence-corrected chi connectivity index (χ3v) is 4.00. The molecule has 0 aromatic heterocycles. The third-order valence-electron chi connectivity index (χ3n) is 4.00. The van der Waals surface area contributed by atoms with Gasteiger partial charge in [0.15, 0.2) is 0 Å². The first-order chi connectivity index (χ1) is 11.1. The predicted octanol–water partition coefficient (Wildman–Crippen LogP) is 3.07. The fraction of sp³-hybridized carbons (Fsp3) is 0.421. The molecule has 1 aliphatic rings. The second-order valence-electron chi connectivity index (χ2n) is 5.93. The van der Waals surface area contributed by atoms with Gasteiger partial charge in [0.25, 0.3) is 0 Å². The van der Waals surface area contributed by atoms with Crippen LogP contribution in [0.2, 0.25) is 0 Å². The van der Waals surface area contributed by atoms with Crippen molar-refractivity contribution in [3.05, 3.63) is 48.0 Å². The summed E-state index contributed by atoms with van der Waals surface area (Å²) in [6, 6.07) is 5.92. The molecule has 1 aliphatic carbocycles. The van der Waals surface area contributed by atoms with E-state index in [9.17, 15) is 0 Å².